The lowest BCUT2D eigenvalue weighted by molar-refractivity contribution is -0.118. The first-order chi connectivity index (χ1) is 4.36. The van der Waals surface area contributed by atoms with Crippen LogP contribution in [0.25, 0.3) is 0 Å². The first kappa shape index (κ1) is 10.0. The van der Waals surface area contributed by atoms with Crippen LogP contribution in [0, 0.1) is 0 Å². The minimum atomic E-state index is -0.200. The standard InChI is InChI=1S/C8H16OS/c1-6(2)10-8(4,5)7(3)9/h6H,1-5H3. The Hall–Kier alpha value is 0.0200. The summed E-state index contributed by atoms with van der Waals surface area (Å²) in [6.45, 7) is 9.81. The first-order valence-electron chi connectivity index (χ1n) is 3.55. The highest BCUT2D eigenvalue weighted by molar-refractivity contribution is 8.01. The number of ketones is 1. The molecule has 0 aromatic heterocycles. The predicted molar refractivity (Wildman–Crippen MR) is 47.5 cm³/mol. The second-order valence-electron chi connectivity index (χ2n) is 3.23. The fourth-order valence-electron chi connectivity index (χ4n) is 0.672. The minimum absolute atomic E-state index is 0.200. The van der Waals surface area contributed by atoms with Gasteiger partial charge in [-0.25, -0.2) is 0 Å². The number of carbonyl (C=O) groups is 1. The van der Waals surface area contributed by atoms with Crippen LogP contribution in [0.15, 0.2) is 0 Å². The van der Waals surface area contributed by atoms with Crippen LogP contribution >= 0.6 is 11.8 Å². The minimum Gasteiger partial charge on any atom is -0.298 e. The predicted octanol–water partition coefficient (Wildman–Crippen LogP) is 2.50. The molecule has 60 valence electrons. The van der Waals surface area contributed by atoms with E-state index in [0.717, 1.165) is 0 Å². The zero-order chi connectivity index (χ0) is 8.36. The fourth-order valence-corrected chi connectivity index (χ4v) is 2.02. The third-order valence-corrected chi connectivity index (χ3v) is 2.73. The molecule has 0 atom stereocenters. The highest BCUT2D eigenvalue weighted by atomic mass is 32.2. The molecule has 0 aromatic carbocycles. The van der Waals surface area contributed by atoms with Gasteiger partial charge in [0, 0.05) is 5.25 Å². The number of carbonyl (C=O) groups excluding carboxylic acids is 1. The van der Waals surface area contributed by atoms with Crippen molar-refractivity contribution in [2.75, 3.05) is 0 Å². The molecule has 0 aliphatic heterocycles. The monoisotopic (exact) mass is 160 g/mol. The molecule has 0 radical (unpaired) electrons. The van der Waals surface area contributed by atoms with E-state index in [1.165, 1.54) is 0 Å². The molecule has 0 bridgehead atoms. The van der Waals surface area contributed by atoms with Gasteiger partial charge in [0.2, 0.25) is 0 Å². The normalized spacial score (nSPS) is 12.2. The highest BCUT2D eigenvalue weighted by Crippen LogP contribution is 2.28. The summed E-state index contributed by atoms with van der Waals surface area (Å²) in [6, 6.07) is 0. The Morgan fingerprint density at radius 2 is 1.80 bits per heavy atom. The Kier molecular flexibility index (Phi) is 3.43. The molecule has 0 heterocycles. The topological polar surface area (TPSA) is 17.1 Å². The summed E-state index contributed by atoms with van der Waals surface area (Å²) in [5, 5.41) is 0.527. The third-order valence-electron chi connectivity index (χ3n) is 1.38. The zero-order valence-electron chi connectivity index (χ0n) is 7.39. The maximum Gasteiger partial charge on any atom is 0.145 e. The molecule has 2 heteroatoms. The molecule has 0 saturated carbocycles. The van der Waals surface area contributed by atoms with E-state index in [9.17, 15) is 4.79 Å². The van der Waals surface area contributed by atoms with E-state index < -0.39 is 0 Å². The molecule has 0 spiro atoms. The summed E-state index contributed by atoms with van der Waals surface area (Å²) in [7, 11) is 0. The SMILES string of the molecule is CC(=O)C(C)(C)SC(C)C. The summed E-state index contributed by atoms with van der Waals surface area (Å²) in [5.41, 5.74) is 0. The van der Waals surface area contributed by atoms with Gasteiger partial charge in [0.15, 0.2) is 0 Å². The fraction of sp³-hybridized carbons (Fsp3) is 0.875. The lowest BCUT2D eigenvalue weighted by atomic mass is 10.1. The molecule has 0 unspecified atom stereocenters. The van der Waals surface area contributed by atoms with Gasteiger partial charge < -0.3 is 0 Å². The second kappa shape index (κ2) is 3.42. The smallest absolute Gasteiger partial charge is 0.145 e. The van der Waals surface area contributed by atoms with Gasteiger partial charge in [-0.1, -0.05) is 13.8 Å². The van der Waals surface area contributed by atoms with Crippen LogP contribution in [0.4, 0.5) is 0 Å². The summed E-state index contributed by atoms with van der Waals surface area (Å²) >= 11 is 1.72. The van der Waals surface area contributed by atoms with E-state index >= 15 is 0 Å². The molecular formula is C8H16OS. The van der Waals surface area contributed by atoms with Gasteiger partial charge in [-0.05, 0) is 20.8 Å². The lowest BCUT2D eigenvalue weighted by Crippen LogP contribution is -2.26. The van der Waals surface area contributed by atoms with Crippen molar-refractivity contribution >= 4 is 17.5 Å². The van der Waals surface area contributed by atoms with E-state index in [4.69, 9.17) is 0 Å². The van der Waals surface area contributed by atoms with E-state index in [0.29, 0.717) is 5.25 Å². The van der Waals surface area contributed by atoms with Gasteiger partial charge in [-0.15, -0.1) is 11.8 Å². The molecular weight excluding hydrogens is 144 g/mol. The van der Waals surface area contributed by atoms with Crippen LogP contribution in [0.2, 0.25) is 0 Å². The number of Topliss-reactive ketones (excluding diaryl/α,β-unsaturated/α-hetero) is 1. The summed E-state index contributed by atoms with van der Waals surface area (Å²) in [6.07, 6.45) is 0. The summed E-state index contributed by atoms with van der Waals surface area (Å²) < 4.78 is -0.200. The number of thioether (sulfide) groups is 1. The van der Waals surface area contributed by atoms with Crippen LogP contribution in [-0.4, -0.2) is 15.8 Å². The van der Waals surface area contributed by atoms with Crippen molar-refractivity contribution in [1.82, 2.24) is 0 Å². The molecule has 0 amide bonds. The number of hydrogen-bond donors (Lipinski definition) is 0. The van der Waals surface area contributed by atoms with Gasteiger partial charge in [-0.2, -0.15) is 0 Å². The van der Waals surface area contributed by atoms with Crippen LogP contribution < -0.4 is 0 Å². The Labute approximate surface area is 67.6 Å². The Balaban J connectivity index is 4.00. The quantitative estimate of drug-likeness (QED) is 0.631. The Morgan fingerprint density at radius 1 is 1.40 bits per heavy atom. The van der Waals surface area contributed by atoms with Gasteiger partial charge in [-0.3, -0.25) is 4.79 Å². The van der Waals surface area contributed by atoms with Crippen molar-refractivity contribution in [3.8, 4) is 0 Å². The summed E-state index contributed by atoms with van der Waals surface area (Å²) in [4.78, 5) is 11.0. The second-order valence-corrected chi connectivity index (χ2v) is 5.43. The molecule has 0 fully saturated rings. The molecule has 0 aliphatic carbocycles. The molecule has 0 aromatic rings. The van der Waals surface area contributed by atoms with Crippen LogP contribution in [0.1, 0.15) is 34.6 Å². The van der Waals surface area contributed by atoms with Crippen LogP contribution in [0.3, 0.4) is 0 Å². The Morgan fingerprint density at radius 3 is 1.90 bits per heavy atom. The van der Waals surface area contributed by atoms with Gasteiger partial charge >= 0.3 is 0 Å². The van der Waals surface area contributed by atoms with Gasteiger partial charge in [0.1, 0.15) is 5.78 Å². The molecule has 0 aliphatic rings. The highest BCUT2D eigenvalue weighted by Gasteiger charge is 2.24. The van der Waals surface area contributed by atoms with Gasteiger partial charge in [0.25, 0.3) is 0 Å². The van der Waals surface area contributed by atoms with Crippen LogP contribution in [-0.2, 0) is 4.79 Å². The molecule has 0 saturated heterocycles. The van der Waals surface area contributed by atoms with Crippen molar-refractivity contribution in [2.24, 2.45) is 0 Å². The largest absolute Gasteiger partial charge is 0.298 e. The van der Waals surface area contributed by atoms with E-state index in [1.807, 2.05) is 13.8 Å². The number of hydrogen-bond acceptors (Lipinski definition) is 2. The van der Waals surface area contributed by atoms with Crippen molar-refractivity contribution in [3.05, 3.63) is 0 Å². The maximum absolute atomic E-state index is 11.0. The average molecular weight is 160 g/mol. The van der Waals surface area contributed by atoms with E-state index in [-0.39, 0.29) is 10.5 Å². The van der Waals surface area contributed by atoms with Crippen molar-refractivity contribution < 1.29 is 4.79 Å². The Bertz CT molecular complexity index is 127. The van der Waals surface area contributed by atoms with Gasteiger partial charge in [0.05, 0.1) is 4.75 Å². The molecule has 0 rings (SSSR count). The first-order valence-corrected chi connectivity index (χ1v) is 4.43. The van der Waals surface area contributed by atoms with E-state index in [2.05, 4.69) is 13.8 Å². The molecule has 1 nitrogen and oxygen atoms in total. The average Bonchev–Trinajstić information content (AvgIpc) is 1.60. The maximum atomic E-state index is 11.0. The third kappa shape index (κ3) is 3.25. The van der Waals surface area contributed by atoms with Crippen molar-refractivity contribution in [2.45, 2.75) is 44.6 Å². The number of rotatable bonds is 3. The lowest BCUT2D eigenvalue weighted by Gasteiger charge is -2.22. The van der Waals surface area contributed by atoms with Crippen molar-refractivity contribution in [1.29, 1.82) is 0 Å². The van der Waals surface area contributed by atoms with Crippen molar-refractivity contribution in [3.63, 3.8) is 0 Å². The zero-order valence-corrected chi connectivity index (χ0v) is 8.21. The summed E-state index contributed by atoms with van der Waals surface area (Å²) in [5.74, 6) is 0.256. The van der Waals surface area contributed by atoms with Crippen LogP contribution in [0.5, 0.6) is 0 Å². The van der Waals surface area contributed by atoms with E-state index in [1.54, 1.807) is 18.7 Å². The molecule has 10 heavy (non-hydrogen) atoms. The molecule has 0 N–H and O–H groups in total.